The smallest absolute Gasteiger partial charge is 0.0644 e. The van der Waals surface area contributed by atoms with Crippen LogP contribution in [0.5, 0.6) is 0 Å². The van der Waals surface area contributed by atoms with Gasteiger partial charge in [0.05, 0.1) is 5.69 Å². The van der Waals surface area contributed by atoms with E-state index in [9.17, 15) is 0 Å². The van der Waals surface area contributed by atoms with Crippen molar-refractivity contribution in [1.29, 1.82) is 0 Å². The fourth-order valence-corrected chi connectivity index (χ4v) is 1.67. The third-order valence-electron chi connectivity index (χ3n) is 2.36. The van der Waals surface area contributed by atoms with Crippen molar-refractivity contribution in [1.82, 2.24) is 9.78 Å². The van der Waals surface area contributed by atoms with E-state index in [-0.39, 0.29) is 6.04 Å². The summed E-state index contributed by atoms with van der Waals surface area (Å²) in [5, 5.41) is 4.38. The lowest BCUT2D eigenvalue weighted by Gasteiger charge is -2.09. The zero-order valence-corrected chi connectivity index (χ0v) is 8.54. The van der Waals surface area contributed by atoms with Crippen LogP contribution in [0.3, 0.4) is 0 Å². The van der Waals surface area contributed by atoms with Gasteiger partial charge in [0.1, 0.15) is 0 Å². The lowest BCUT2D eigenvalue weighted by atomic mass is 10.1. The van der Waals surface area contributed by atoms with Crippen molar-refractivity contribution in [3.05, 3.63) is 17.0 Å². The van der Waals surface area contributed by atoms with Gasteiger partial charge in [0.25, 0.3) is 0 Å². The molecule has 1 rings (SSSR count). The summed E-state index contributed by atoms with van der Waals surface area (Å²) < 4.78 is 1.96. The highest BCUT2D eigenvalue weighted by Gasteiger charge is 2.15. The molecule has 0 aliphatic rings. The molecule has 1 aromatic rings. The first kappa shape index (κ1) is 10.2. The molecule has 74 valence electrons. The number of aryl methyl sites for hydroxylation is 2. The van der Waals surface area contributed by atoms with Crippen molar-refractivity contribution in [3.8, 4) is 0 Å². The highest BCUT2D eigenvalue weighted by Crippen LogP contribution is 2.18. The number of nitrogens with zero attached hydrogens (tertiary/aromatic N) is 2. The van der Waals surface area contributed by atoms with Crippen LogP contribution in [-0.4, -0.2) is 16.3 Å². The maximum atomic E-state index is 5.89. The molecule has 0 aliphatic heterocycles. The minimum atomic E-state index is -0.0831. The van der Waals surface area contributed by atoms with Crippen molar-refractivity contribution in [2.75, 3.05) is 6.54 Å². The fraction of sp³-hybridized carbons (Fsp3) is 0.667. The van der Waals surface area contributed by atoms with Gasteiger partial charge < -0.3 is 11.5 Å². The Balaban J connectivity index is 3.12. The summed E-state index contributed by atoms with van der Waals surface area (Å²) in [6, 6.07) is -0.0831. The third kappa shape index (κ3) is 1.73. The molecule has 4 N–H and O–H groups in total. The molecule has 4 nitrogen and oxygen atoms in total. The minimum absolute atomic E-state index is 0.0831. The summed E-state index contributed by atoms with van der Waals surface area (Å²) in [5.41, 5.74) is 14.7. The standard InChI is InChI=1S/C9H18N4/c1-4-13-7(3)9(6(2)12-13)8(11)5-10/h8H,4-5,10-11H2,1-3H3. The van der Waals surface area contributed by atoms with Gasteiger partial charge in [-0.1, -0.05) is 0 Å². The highest BCUT2D eigenvalue weighted by molar-refractivity contribution is 5.28. The van der Waals surface area contributed by atoms with Gasteiger partial charge in [-0.3, -0.25) is 4.68 Å². The number of nitrogens with two attached hydrogens (primary N) is 2. The predicted molar refractivity (Wildman–Crippen MR) is 53.4 cm³/mol. The van der Waals surface area contributed by atoms with E-state index in [2.05, 4.69) is 12.0 Å². The topological polar surface area (TPSA) is 69.9 Å². The van der Waals surface area contributed by atoms with Crippen LogP contribution in [0.4, 0.5) is 0 Å². The van der Waals surface area contributed by atoms with E-state index >= 15 is 0 Å². The molecule has 1 atom stereocenters. The Kier molecular flexibility index (Phi) is 3.06. The van der Waals surface area contributed by atoms with Crippen molar-refractivity contribution in [2.24, 2.45) is 11.5 Å². The van der Waals surface area contributed by atoms with Crippen molar-refractivity contribution in [2.45, 2.75) is 33.4 Å². The van der Waals surface area contributed by atoms with Crippen LogP contribution in [0, 0.1) is 13.8 Å². The Bertz CT molecular complexity index is 290. The first-order chi connectivity index (χ1) is 6.11. The van der Waals surface area contributed by atoms with E-state index < -0.39 is 0 Å². The maximum Gasteiger partial charge on any atom is 0.0644 e. The van der Waals surface area contributed by atoms with E-state index in [1.165, 1.54) is 0 Å². The molecule has 4 heteroatoms. The molecule has 0 saturated carbocycles. The molecule has 1 aromatic heterocycles. The van der Waals surface area contributed by atoms with Crippen molar-refractivity contribution in [3.63, 3.8) is 0 Å². The normalized spacial score (nSPS) is 13.3. The Morgan fingerprint density at radius 3 is 2.46 bits per heavy atom. The van der Waals surface area contributed by atoms with Crippen molar-refractivity contribution < 1.29 is 0 Å². The first-order valence-corrected chi connectivity index (χ1v) is 4.61. The van der Waals surface area contributed by atoms with Crippen LogP contribution in [0.2, 0.25) is 0 Å². The van der Waals surface area contributed by atoms with Crippen LogP contribution < -0.4 is 11.5 Å². The van der Waals surface area contributed by atoms with Gasteiger partial charge in [0.15, 0.2) is 0 Å². The van der Waals surface area contributed by atoms with Crippen LogP contribution in [0.1, 0.15) is 29.9 Å². The SMILES string of the molecule is CCn1nc(C)c(C(N)CN)c1C. The van der Waals surface area contributed by atoms with Crippen molar-refractivity contribution >= 4 is 0 Å². The largest absolute Gasteiger partial charge is 0.329 e. The van der Waals surface area contributed by atoms with Gasteiger partial charge in [-0.05, 0) is 20.8 Å². The maximum absolute atomic E-state index is 5.89. The van der Waals surface area contributed by atoms with E-state index in [0.29, 0.717) is 6.54 Å². The molecule has 0 aliphatic carbocycles. The van der Waals surface area contributed by atoms with Gasteiger partial charge in [-0.15, -0.1) is 0 Å². The number of hydrogen-bond acceptors (Lipinski definition) is 3. The van der Waals surface area contributed by atoms with Crippen LogP contribution in [-0.2, 0) is 6.54 Å². The molecular weight excluding hydrogens is 164 g/mol. The molecule has 0 amide bonds. The van der Waals surface area contributed by atoms with E-state index in [4.69, 9.17) is 11.5 Å². The quantitative estimate of drug-likeness (QED) is 0.714. The Hall–Kier alpha value is -0.870. The lowest BCUT2D eigenvalue weighted by molar-refractivity contribution is 0.630. The molecule has 1 unspecified atom stereocenters. The van der Waals surface area contributed by atoms with Gasteiger partial charge in [-0.25, -0.2) is 0 Å². The summed E-state index contributed by atoms with van der Waals surface area (Å²) in [6.45, 7) is 7.43. The highest BCUT2D eigenvalue weighted by atomic mass is 15.3. The summed E-state index contributed by atoms with van der Waals surface area (Å²) >= 11 is 0. The van der Waals surface area contributed by atoms with E-state index in [1.54, 1.807) is 0 Å². The Morgan fingerprint density at radius 1 is 1.46 bits per heavy atom. The Labute approximate surface area is 78.9 Å². The van der Waals surface area contributed by atoms with Crippen LogP contribution >= 0.6 is 0 Å². The van der Waals surface area contributed by atoms with Gasteiger partial charge >= 0.3 is 0 Å². The summed E-state index contributed by atoms with van der Waals surface area (Å²) in [5.74, 6) is 0. The van der Waals surface area contributed by atoms with Crippen LogP contribution in [0.25, 0.3) is 0 Å². The first-order valence-electron chi connectivity index (χ1n) is 4.61. The zero-order chi connectivity index (χ0) is 10.0. The fourth-order valence-electron chi connectivity index (χ4n) is 1.67. The second-order valence-electron chi connectivity index (χ2n) is 3.24. The molecule has 0 saturated heterocycles. The molecule has 0 fully saturated rings. The monoisotopic (exact) mass is 182 g/mol. The lowest BCUT2D eigenvalue weighted by Crippen LogP contribution is -2.22. The summed E-state index contributed by atoms with van der Waals surface area (Å²) in [4.78, 5) is 0. The second-order valence-corrected chi connectivity index (χ2v) is 3.24. The average Bonchev–Trinajstić information content (AvgIpc) is 2.40. The molecule has 0 radical (unpaired) electrons. The molecule has 1 heterocycles. The summed E-state index contributed by atoms with van der Waals surface area (Å²) in [7, 11) is 0. The van der Waals surface area contributed by atoms with Crippen LogP contribution in [0.15, 0.2) is 0 Å². The van der Waals surface area contributed by atoms with Gasteiger partial charge in [0, 0.05) is 30.4 Å². The van der Waals surface area contributed by atoms with Gasteiger partial charge in [0.2, 0.25) is 0 Å². The predicted octanol–water partition coefficient (Wildman–Crippen LogP) is 0.478. The average molecular weight is 182 g/mol. The molecule has 0 spiro atoms. The van der Waals surface area contributed by atoms with E-state index in [1.807, 2.05) is 18.5 Å². The second kappa shape index (κ2) is 3.89. The van der Waals surface area contributed by atoms with E-state index in [0.717, 1.165) is 23.5 Å². The molecular formula is C9H18N4. The Morgan fingerprint density at radius 2 is 2.08 bits per heavy atom. The molecule has 0 aromatic carbocycles. The number of aromatic nitrogens is 2. The third-order valence-corrected chi connectivity index (χ3v) is 2.36. The minimum Gasteiger partial charge on any atom is -0.329 e. The summed E-state index contributed by atoms with van der Waals surface area (Å²) in [6.07, 6.45) is 0. The molecule has 0 bridgehead atoms. The zero-order valence-electron chi connectivity index (χ0n) is 8.54. The number of hydrogen-bond donors (Lipinski definition) is 2. The molecule has 13 heavy (non-hydrogen) atoms. The number of rotatable bonds is 3. The van der Waals surface area contributed by atoms with Gasteiger partial charge in [-0.2, -0.15) is 5.10 Å².